The highest BCUT2D eigenvalue weighted by atomic mass is 16.2. The quantitative estimate of drug-likeness (QED) is 0.614. The van der Waals surface area contributed by atoms with Crippen LogP contribution in [0, 0.1) is 11.3 Å². The molecule has 1 aromatic carbocycles. The summed E-state index contributed by atoms with van der Waals surface area (Å²) in [6, 6.07) is 11.6. The predicted octanol–water partition coefficient (Wildman–Crippen LogP) is 4.06. The SMILES string of the molecule is CC1C(NC(=O)N(C)C)CCCN1c1cnc(C#N)c(Nc2ccc(C3CCN(C4CC4)CC3)cc2)n1. The van der Waals surface area contributed by atoms with E-state index in [1.165, 1.54) is 44.3 Å². The normalized spacial score (nSPS) is 22.8. The molecular weight excluding hydrogens is 464 g/mol. The van der Waals surface area contributed by atoms with E-state index >= 15 is 0 Å². The monoisotopic (exact) mass is 502 g/mol. The highest BCUT2D eigenvalue weighted by Crippen LogP contribution is 2.35. The lowest BCUT2D eigenvalue weighted by molar-refractivity contribution is 0.203. The number of amides is 2. The molecule has 2 aromatic rings. The van der Waals surface area contributed by atoms with Crippen molar-refractivity contribution in [2.45, 2.75) is 69.5 Å². The summed E-state index contributed by atoms with van der Waals surface area (Å²) in [6.07, 6.45) is 8.71. The molecular formula is C28H38N8O. The zero-order valence-electron chi connectivity index (χ0n) is 22.2. The number of anilines is 3. The molecule has 1 aromatic heterocycles. The zero-order valence-corrected chi connectivity index (χ0v) is 22.2. The van der Waals surface area contributed by atoms with Crippen LogP contribution in [0.5, 0.6) is 0 Å². The van der Waals surface area contributed by atoms with Gasteiger partial charge >= 0.3 is 6.03 Å². The van der Waals surface area contributed by atoms with Crippen molar-refractivity contribution in [3.63, 3.8) is 0 Å². The molecule has 0 bridgehead atoms. The van der Waals surface area contributed by atoms with Crippen LogP contribution < -0.4 is 15.5 Å². The van der Waals surface area contributed by atoms with Crippen molar-refractivity contribution in [2.24, 2.45) is 0 Å². The molecule has 2 atom stereocenters. The minimum Gasteiger partial charge on any atom is -0.350 e. The van der Waals surface area contributed by atoms with Crippen molar-refractivity contribution >= 4 is 23.4 Å². The first kappa shape index (κ1) is 25.3. The summed E-state index contributed by atoms with van der Waals surface area (Å²) in [6.45, 7) is 5.33. The Hall–Kier alpha value is -3.38. The molecule has 1 saturated carbocycles. The van der Waals surface area contributed by atoms with Gasteiger partial charge in [0.25, 0.3) is 0 Å². The van der Waals surface area contributed by atoms with E-state index in [1.807, 2.05) is 0 Å². The molecule has 2 unspecified atom stereocenters. The number of nitrogens with zero attached hydrogens (tertiary/aromatic N) is 6. The number of likely N-dealkylation sites (tertiary alicyclic amines) is 1. The summed E-state index contributed by atoms with van der Waals surface area (Å²) in [5.41, 5.74) is 2.54. The van der Waals surface area contributed by atoms with Crippen molar-refractivity contribution in [2.75, 3.05) is 43.9 Å². The third-order valence-electron chi connectivity index (χ3n) is 8.10. The highest BCUT2D eigenvalue weighted by Gasteiger charge is 2.32. The van der Waals surface area contributed by atoms with E-state index in [0.717, 1.165) is 31.1 Å². The number of urea groups is 1. The van der Waals surface area contributed by atoms with Gasteiger partial charge in [0.05, 0.1) is 12.2 Å². The van der Waals surface area contributed by atoms with E-state index in [1.54, 1.807) is 25.2 Å². The minimum atomic E-state index is -0.0936. The molecule has 2 N–H and O–H groups in total. The third-order valence-corrected chi connectivity index (χ3v) is 8.10. The molecule has 196 valence electrons. The molecule has 0 spiro atoms. The van der Waals surface area contributed by atoms with Crippen LogP contribution in [0.2, 0.25) is 0 Å². The number of nitrogens with one attached hydrogen (secondary N) is 2. The van der Waals surface area contributed by atoms with Crippen LogP contribution in [0.1, 0.15) is 62.6 Å². The number of benzene rings is 1. The molecule has 2 saturated heterocycles. The molecule has 3 heterocycles. The number of rotatable bonds is 6. The van der Waals surface area contributed by atoms with Crippen LogP contribution >= 0.6 is 0 Å². The van der Waals surface area contributed by atoms with Gasteiger partial charge in [-0.2, -0.15) is 5.26 Å². The molecule has 9 heteroatoms. The third kappa shape index (κ3) is 5.80. The second kappa shape index (κ2) is 10.9. The van der Waals surface area contributed by atoms with Gasteiger partial charge in [0.2, 0.25) is 0 Å². The number of aromatic nitrogens is 2. The lowest BCUT2D eigenvalue weighted by Crippen LogP contribution is -2.56. The number of piperidine rings is 2. The Bertz CT molecular complexity index is 1130. The Labute approximate surface area is 219 Å². The fraction of sp³-hybridized carbons (Fsp3) is 0.571. The zero-order chi connectivity index (χ0) is 25.9. The summed E-state index contributed by atoms with van der Waals surface area (Å²) < 4.78 is 0. The van der Waals surface area contributed by atoms with Gasteiger partial charge in [0, 0.05) is 38.4 Å². The van der Waals surface area contributed by atoms with Gasteiger partial charge in [-0.15, -0.1) is 0 Å². The summed E-state index contributed by atoms with van der Waals surface area (Å²) in [5.74, 6) is 1.78. The van der Waals surface area contributed by atoms with E-state index in [-0.39, 0.29) is 23.8 Å². The fourth-order valence-corrected chi connectivity index (χ4v) is 5.65. The van der Waals surface area contributed by atoms with Gasteiger partial charge in [0.1, 0.15) is 11.9 Å². The molecule has 37 heavy (non-hydrogen) atoms. The van der Waals surface area contributed by atoms with Crippen molar-refractivity contribution in [1.82, 2.24) is 25.1 Å². The van der Waals surface area contributed by atoms with E-state index in [9.17, 15) is 10.1 Å². The molecule has 2 amide bonds. The van der Waals surface area contributed by atoms with Crippen molar-refractivity contribution in [3.8, 4) is 6.07 Å². The average molecular weight is 503 g/mol. The maximum Gasteiger partial charge on any atom is 0.317 e. The largest absolute Gasteiger partial charge is 0.350 e. The number of carbonyl (C=O) groups excluding carboxylic acids is 1. The van der Waals surface area contributed by atoms with E-state index in [0.29, 0.717) is 17.6 Å². The second-order valence-corrected chi connectivity index (χ2v) is 10.9. The van der Waals surface area contributed by atoms with Crippen LogP contribution in [0.3, 0.4) is 0 Å². The standard InChI is InChI=1S/C28H38N8O/c1-19-24(32-28(37)34(2)3)5-4-14-36(19)26-18-30-25(17-29)27(33-26)31-22-8-6-20(7-9-22)21-12-15-35(16-13-21)23-10-11-23/h6-9,18-19,21,23-24H,4-5,10-16H2,1-3H3,(H,31,33)(H,32,37). The Morgan fingerprint density at radius 3 is 2.46 bits per heavy atom. The number of hydrogen-bond acceptors (Lipinski definition) is 7. The fourth-order valence-electron chi connectivity index (χ4n) is 5.65. The molecule has 0 radical (unpaired) electrons. The Morgan fingerprint density at radius 1 is 1.08 bits per heavy atom. The number of hydrogen-bond donors (Lipinski definition) is 2. The van der Waals surface area contributed by atoms with Gasteiger partial charge < -0.3 is 25.3 Å². The number of carbonyl (C=O) groups is 1. The summed E-state index contributed by atoms with van der Waals surface area (Å²) in [7, 11) is 3.49. The minimum absolute atomic E-state index is 0.0150. The Kier molecular flexibility index (Phi) is 7.47. The van der Waals surface area contributed by atoms with E-state index < -0.39 is 0 Å². The first-order chi connectivity index (χ1) is 17.9. The molecule has 1 aliphatic carbocycles. The highest BCUT2D eigenvalue weighted by molar-refractivity contribution is 5.74. The summed E-state index contributed by atoms with van der Waals surface area (Å²) in [5, 5.41) is 16.1. The smallest absolute Gasteiger partial charge is 0.317 e. The summed E-state index contributed by atoms with van der Waals surface area (Å²) >= 11 is 0. The van der Waals surface area contributed by atoms with Crippen LogP contribution in [-0.2, 0) is 0 Å². The average Bonchev–Trinajstić information content (AvgIpc) is 3.76. The van der Waals surface area contributed by atoms with E-state index in [4.69, 9.17) is 4.98 Å². The van der Waals surface area contributed by atoms with Gasteiger partial charge in [0.15, 0.2) is 11.5 Å². The maximum absolute atomic E-state index is 12.2. The molecule has 2 aliphatic heterocycles. The Balaban J connectivity index is 1.27. The van der Waals surface area contributed by atoms with Gasteiger partial charge in [-0.25, -0.2) is 14.8 Å². The molecule has 3 fully saturated rings. The first-order valence-electron chi connectivity index (χ1n) is 13.6. The lowest BCUT2D eigenvalue weighted by atomic mass is 9.89. The van der Waals surface area contributed by atoms with Crippen molar-refractivity contribution in [3.05, 3.63) is 41.7 Å². The van der Waals surface area contributed by atoms with Crippen molar-refractivity contribution < 1.29 is 4.79 Å². The molecule has 5 rings (SSSR count). The lowest BCUT2D eigenvalue weighted by Gasteiger charge is -2.40. The second-order valence-electron chi connectivity index (χ2n) is 10.9. The van der Waals surface area contributed by atoms with Gasteiger partial charge in [-0.3, -0.25) is 0 Å². The topological polar surface area (TPSA) is 100 Å². The number of nitriles is 1. The Morgan fingerprint density at radius 2 is 1.81 bits per heavy atom. The van der Waals surface area contributed by atoms with Crippen LogP contribution in [0.15, 0.2) is 30.5 Å². The maximum atomic E-state index is 12.2. The van der Waals surface area contributed by atoms with Crippen LogP contribution in [0.4, 0.5) is 22.1 Å². The first-order valence-corrected chi connectivity index (χ1v) is 13.6. The van der Waals surface area contributed by atoms with Crippen LogP contribution in [-0.4, -0.2) is 77.7 Å². The van der Waals surface area contributed by atoms with Crippen molar-refractivity contribution in [1.29, 1.82) is 5.26 Å². The van der Waals surface area contributed by atoms with Gasteiger partial charge in [-0.1, -0.05) is 12.1 Å². The molecule has 3 aliphatic rings. The predicted molar refractivity (Wildman–Crippen MR) is 145 cm³/mol. The van der Waals surface area contributed by atoms with Crippen LogP contribution in [0.25, 0.3) is 0 Å². The summed E-state index contributed by atoms with van der Waals surface area (Å²) in [4.78, 5) is 27.8. The molecule has 9 nitrogen and oxygen atoms in total. The van der Waals surface area contributed by atoms with Gasteiger partial charge in [-0.05, 0) is 82.2 Å². The van der Waals surface area contributed by atoms with E-state index in [2.05, 4.69) is 62.7 Å².